The van der Waals surface area contributed by atoms with Crippen molar-refractivity contribution in [2.75, 3.05) is 0 Å². The molecule has 2 nitrogen and oxygen atoms in total. The molecule has 0 rings (SSSR count). The van der Waals surface area contributed by atoms with Crippen LogP contribution in [0.1, 0.15) is 60.3 Å². The van der Waals surface area contributed by atoms with Gasteiger partial charge in [0.2, 0.25) is 0 Å². The molecule has 0 aromatic carbocycles. The maximum absolute atomic E-state index is 11.4. The summed E-state index contributed by atoms with van der Waals surface area (Å²) in [5, 5.41) is 0. The van der Waals surface area contributed by atoms with E-state index in [1.807, 2.05) is 13.8 Å². The Hall–Kier alpha value is -0.530. The van der Waals surface area contributed by atoms with Gasteiger partial charge in [-0.05, 0) is 24.7 Å². The first-order chi connectivity index (χ1) is 6.39. The van der Waals surface area contributed by atoms with Crippen molar-refractivity contribution in [3.8, 4) is 0 Å². The third kappa shape index (κ3) is 6.93. The van der Waals surface area contributed by atoms with Gasteiger partial charge in [-0.25, -0.2) is 0 Å². The zero-order valence-electron chi connectivity index (χ0n) is 10.2. The maximum atomic E-state index is 11.4. The molecule has 0 atom stereocenters. The van der Waals surface area contributed by atoms with Crippen molar-refractivity contribution >= 4 is 5.97 Å². The second-order valence-corrected chi connectivity index (χ2v) is 4.99. The van der Waals surface area contributed by atoms with Crippen LogP contribution < -0.4 is 0 Å². The van der Waals surface area contributed by atoms with Crippen molar-refractivity contribution in [1.29, 1.82) is 0 Å². The van der Waals surface area contributed by atoms with Crippen LogP contribution in [0.4, 0.5) is 0 Å². The Balaban J connectivity index is 3.75. The van der Waals surface area contributed by atoms with E-state index in [1.54, 1.807) is 0 Å². The topological polar surface area (TPSA) is 26.3 Å². The Labute approximate surface area is 88.0 Å². The number of hydrogen-bond acceptors (Lipinski definition) is 2. The lowest BCUT2D eigenvalue weighted by Crippen LogP contribution is -2.18. The van der Waals surface area contributed by atoms with E-state index >= 15 is 0 Å². The van der Waals surface area contributed by atoms with Crippen molar-refractivity contribution in [1.82, 2.24) is 0 Å². The number of carbonyl (C=O) groups excluding carboxylic acids is 1. The zero-order valence-corrected chi connectivity index (χ0v) is 10.2. The van der Waals surface area contributed by atoms with Gasteiger partial charge in [0, 0.05) is 6.42 Å². The Bertz CT molecular complexity index is 164. The summed E-state index contributed by atoms with van der Waals surface area (Å²) >= 11 is 0. The van der Waals surface area contributed by atoms with Crippen LogP contribution in [0.3, 0.4) is 0 Å². The van der Waals surface area contributed by atoms with Gasteiger partial charge in [0.05, 0.1) is 0 Å². The van der Waals surface area contributed by atoms with Gasteiger partial charge in [0.25, 0.3) is 0 Å². The molecule has 0 heterocycles. The molecule has 0 radical (unpaired) electrons. The molecule has 0 fully saturated rings. The van der Waals surface area contributed by atoms with Crippen molar-refractivity contribution in [3.63, 3.8) is 0 Å². The minimum atomic E-state index is -0.0476. The van der Waals surface area contributed by atoms with Gasteiger partial charge in [0.15, 0.2) is 0 Å². The van der Waals surface area contributed by atoms with E-state index in [1.165, 1.54) is 0 Å². The van der Waals surface area contributed by atoms with E-state index in [9.17, 15) is 4.79 Å². The van der Waals surface area contributed by atoms with E-state index in [0.717, 1.165) is 19.3 Å². The molecule has 0 saturated heterocycles. The normalized spacial score (nSPS) is 11.9. The van der Waals surface area contributed by atoms with Gasteiger partial charge in [-0.1, -0.05) is 34.6 Å². The molecule has 0 bridgehead atoms. The van der Waals surface area contributed by atoms with Crippen molar-refractivity contribution in [2.45, 2.75) is 66.4 Å². The quantitative estimate of drug-likeness (QED) is 0.634. The van der Waals surface area contributed by atoms with Gasteiger partial charge in [0.1, 0.15) is 6.10 Å². The first-order valence-corrected chi connectivity index (χ1v) is 5.58. The maximum Gasteiger partial charge on any atom is 0.306 e. The Morgan fingerprint density at radius 1 is 1.21 bits per heavy atom. The molecule has 0 aliphatic carbocycles. The molecule has 0 aromatic rings. The molecule has 0 aromatic heterocycles. The molecule has 0 amide bonds. The van der Waals surface area contributed by atoms with Crippen LogP contribution in [-0.4, -0.2) is 12.1 Å². The molecule has 84 valence electrons. The monoisotopic (exact) mass is 200 g/mol. The SMILES string of the molecule is CCC(CC)OC(=O)CCC(C)(C)C. The van der Waals surface area contributed by atoms with Crippen molar-refractivity contribution in [2.24, 2.45) is 5.41 Å². The second-order valence-electron chi connectivity index (χ2n) is 4.99. The summed E-state index contributed by atoms with van der Waals surface area (Å²) in [5.74, 6) is -0.0476. The lowest BCUT2D eigenvalue weighted by Gasteiger charge is -2.19. The zero-order chi connectivity index (χ0) is 11.2. The predicted molar refractivity (Wildman–Crippen MR) is 59.2 cm³/mol. The summed E-state index contributed by atoms with van der Waals surface area (Å²) in [6, 6.07) is 0. The third-order valence-electron chi connectivity index (χ3n) is 2.29. The average Bonchev–Trinajstić information content (AvgIpc) is 2.09. The van der Waals surface area contributed by atoms with Crippen molar-refractivity contribution in [3.05, 3.63) is 0 Å². The first kappa shape index (κ1) is 13.5. The molecule has 0 saturated carbocycles. The highest BCUT2D eigenvalue weighted by atomic mass is 16.5. The number of esters is 1. The van der Waals surface area contributed by atoms with Gasteiger partial charge in [-0.3, -0.25) is 4.79 Å². The van der Waals surface area contributed by atoms with Gasteiger partial charge >= 0.3 is 5.97 Å². The predicted octanol–water partition coefficient (Wildman–Crippen LogP) is 3.54. The van der Waals surface area contributed by atoms with E-state index < -0.39 is 0 Å². The minimum absolute atomic E-state index is 0.0476. The highest BCUT2D eigenvalue weighted by Crippen LogP contribution is 2.21. The Kier molecular flexibility index (Phi) is 5.82. The van der Waals surface area contributed by atoms with Crippen LogP contribution in [-0.2, 0) is 9.53 Å². The Morgan fingerprint density at radius 3 is 2.07 bits per heavy atom. The van der Waals surface area contributed by atoms with Crippen LogP contribution in [0.5, 0.6) is 0 Å². The summed E-state index contributed by atoms with van der Waals surface area (Å²) < 4.78 is 5.31. The second kappa shape index (κ2) is 6.05. The van der Waals surface area contributed by atoms with E-state index in [-0.39, 0.29) is 17.5 Å². The molecular weight excluding hydrogens is 176 g/mol. The lowest BCUT2D eigenvalue weighted by molar-refractivity contribution is -0.150. The Morgan fingerprint density at radius 2 is 1.71 bits per heavy atom. The van der Waals surface area contributed by atoms with Crippen LogP contribution >= 0.6 is 0 Å². The fraction of sp³-hybridized carbons (Fsp3) is 0.917. The summed E-state index contributed by atoms with van der Waals surface area (Å²) in [4.78, 5) is 11.4. The molecule has 0 unspecified atom stereocenters. The molecular formula is C12H24O2. The smallest absolute Gasteiger partial charge is 0.306 e. The van der Waals surface area contributed by atoms with Crippen molar-refractivity contribution < 1.29 is 9.53 Å². The van der Waals surface area contributed by atoms with E-state index in [0.29, 0.717) is 6.42 Å². The van der Waals surface area contributed by atoms with Crippen LogP contribution in [0, 0.1) is 5.41 Å². The number of rotatable bonds is 5. The molecule has 0 spiro atoms. The molecule has 0 N–H and O–H groups in total. The minimum Gasteiger partial charge on any atom is -0.462 e. The largest absolute Gasteiger partial charge is 0.462 e. The number of ether oxygens (including phenoxy) is 1. The highest BCUT2D eigenvalue weighted by Gasteiger charge is 2.15. The summed E-state index contributed by atoms with van der Waals surface area (Å²) in [7, 11) is 0. The molecule has 14 heavy (non-hydrogen) atoms. The van der Waals surface area contributed by atoms with E-state index in [2.05, 4.69) is 20.8 Å². The van der Waals surface area contributed by atoms with Crippen LogP contribution in [0.25, 0.3) is 0 Å². The first-order valence-electron chi connectivity index (χ1n) is 5.58. The third-order valence-corrected chi connectivity index (χ3v) is 2.29. The van der Waals surface area contributed by atoms with Crippen LogP contribution in [0.2, 0.25) is 0 Å². The molecule has 0 aliphatic heterocycles. The molecule has 2 heteroatoms. The average molecular weight is 200 g/mol. The number of carbonyl (C=O) groups is 1. The van der Waals surface area contributed by atoms with Gasteiger partial charge < -0.3 is 4.74 Å². The fourth-order valence-electron chi connectivity index (χ4n) is 1.18. The van der Waals surface area contributed by atoms with E-state index in [4.69, 9.17) is 4.74 Å². The highest BCUT2D eigenvalue weighted by molar-refractivity contribution is 5.69. The summed E-state index contributed by atoms with van der Waals surface area (Å²) in [6.07, 6.45) is 3.38. The van der Waals surface area contributed by atoms with Crippen LogP contribution in [0.15, 0.2) is 0 Å². The van der Waals surface area contributed by atoms with Gasteiger partial charge in [-0.2, -0.15) is 0 Å². The standard InChI is InChI=1S/C12H24O2/c1-6-10(7-2)14-11(13)8-9-12(3,4)5/h10H,6-9H2,1-5H3. The number of hydrogen-bond donors (Lipinski definition) is 0. The lowest BCUT2D eigenvalue weighted by atomic mass is 9.91. The fourth-order valence-corrected chi connectivity index (χ4v) is 1.18. The van der Waals surface area contributed by atoms with Gasteiger partial charge in [-0.15, -0.1) is 0 Å². The molecule has 0 aliphatic rings. The summed E-state index contributed by atoms with van der Waals surface area (Å²) in [5.41, 5.74) is 0.215. The summed E-state index contributed by atoms with van der Waals surface area (Å²) in [6.45, 7) is 10.5.